The summed E-state index contributed by atoms with van der Waals surface area (Å²) in [5, 5.41) is 0.653. The predicted molar refractivity (Wildman–Crippen MR) is 75.9 cm³/mol. The molecule has 0 aliphatic carbocycles. The van der Waals surface area contributed by atoms with E-state index in [9.17, 15) is 0 Å². The molecule has 0 bridgehead atoms. The Morgan fingerprint density at radius 2 is 1.94 bits per heavy atom. The monoisotopic (exact) mass is 375 g/mol. The van der Waals surface area contributed by atoms with Gasteiger partial charge in [-0.2, -0.15) is 0 Å². The van der Waals surface area contributed by atoms with Crippen molar-refractivity contribution in [1.29, 1.82) is 0 Å². The summed E-state index contributed by atoms with van der Waals surface area (Å²) in [4.78, 5) is 4.21. The normalized spacial score (nSPS) is 10.4. The van der Waals surface area contributed by atoms with Gasteiger partial charge in [-0.1, -0.05) is 11.6 Å². The van der Waals surface area contributed by atoms with Gasteiger partial charge in [-0.05, 0) is 68.6 Å². The fraction of sp³-hybridized carbons (Fsp3) is 0.0833. The molecule has 0 N–H and O–H groups in total. The van der Waals surface area contributed by atoms with Gasteiger partial charge >= 0.3 is 0 Å². The molecule has 0 saturated heterocycles. The van der Waals surface area contributed by atoms with E-state index in [2.05, 4.69) is 36.8 Å². The van der Waals surface area contributed by atoms with Gasteiger partial charge in [-0.25, -0.2) is 4.98 Å². The third-order valence-corrected chi connectivity index (χ3v) is 3.47. The second-order valence-corrected chi connectivity index (χ2v) is 5.62. The van der Waals surface area contributed by atoms with Gasteiger partial charge in [0, 0.05) is 11.2 Å². The highest BCUT2D eigenvalue weighted by Crippen LogP contribution is 2.34. The van der Waals surface area contributed by atoms with E-state index in [0.717, 1.165) is 14.5 Å². The molecular weight excluding hydrogens is 369 g/mol. The molecule has 1 heterocycles. The van der Waals surface area contributed by atoms with Crippen molar-refractivity contribution in [2.75, 3.05) is 0 Å². The Bertz CT molecular complexity index is 511. The van der Waals surface area contributed by atoms with Gasteiger partial charge in [-0.15, -0.1) is 0 Å². The molecule has 1 aromatic heterocycles. The quantitative estimate of drug-likeness (QED) is 0.703. The molecule has 0 radical (unpaired) electrons. The lowest BCUT2D eigenvalue weighted by Crippen LogP contribution is -1.90. The van der Waals surface area contributed by atoms with Crippen LogP contribution in [0.25, 0.3) is 0 Å². The molecule has 0 spiro atoms. The fourth-order valence-electron chi connectivity index (χ4n) is 1.26. The van der Waals surface area contributed by atoms with Crippen LogP contribution in [0.1, 0.15) is 5.56 Å². The summed E-state index contributed by atoms with van der Waals surface area (Å²) in [7, 11) is 0. The number of aryl methyl sites for hydroxylation is 1. The minimum absolute atomic E-state index is 0.527. The zero-order valence-electron chi connectivity index (χ0n) is 8.88. The molecule has 0 unspecified atom stereocenters. The van der Waals surface area contributed by atoms with Crippen molar-refractivity contribution in [3.05, 3.63) is 50.0 Å². The van der Waals surface area contributed by atoms with Crippen LogP contribution in [0.3, 0.4) is 0 Å². The minimum Gasteiger partial charge on any atom is -0.437 e. The van der Waals surface area contributed by atoms with Gasteiger partial charge in [0.15, 0.2) is 0 Å². The van der Waals surface area contributed by atoms with Gasteiger partial charge in [0.25, 0.3) is 0 Å². The number of hydrogen-bond acceptors (Lipinski definition) is 2. The van der Waals surface area contributed by atoms with Crippen LogP contribution < -0.4 is 4.74 Å². The Morgan fingerprint density at radius 1 is 1.18 bits per heavy atom. The average Bonchev–Trinajstić information content (AvgIpc) is 2.25. The van der Waals surface area contributed by atoms with Crippen molar-refractivity contribution >= 4 is 43.5 Å². The Hall–Kier alpha value is -0.580. The highest BCUT2D eigenvalue weighted by atomic mass is 79.9. The number of benzene rings is 1. The molecule has 0 atom stereocenters. The number of pyridine rings is 1. The van der Waals surface area contributed by atoms with Crippen molar-refractivity contribution in [3.63, 3.8) is 0 Å². The van der Waals surface area contributed by atoms with E-state index in [1.165, 1.54) is 0 Å². The summed E-state index contributed by atoms with van der Waals surface area (Å²) >= 11 is 12.7. The number of hydrogen-bond donors (Lipinski definition) is 0. The van der Waals surface area contributed by atoms with Crippen LogP contribution in [0.4, 0.5) is 0 Å². The van der Waals surface area contributed by atoms with Gasteiger partial charge in [0.05, 0.1) is 8.95 Å². The molecule has 0 fully saturated rings. The molecule has 0 saturated carbocycles. The van der Waals surface area contributed by atoms with E-state index >= 15 is 0 Å². The van der Waals surface area contributed by atoms with Crippen molar-refractivity contribution in [2.45, 2.75) is 6.92 Å². The maximum Gasteiger partial charge on any atom is 0.233 e. The molecule has 0 aliphatic rings. The smallest absolute Gasteiger partial charge is 0.233 e. The molecule has 5 heteroatoms. The van der Waals surface area contributed by atoms with Crippen LogP contribution in [0, 0.1) is 6.92 Å². The number of ether oxygens (including phenoxy) is 1. The summed E-state index contributed by atoms with van der Waals surface area (Å²) in [5.74, 6) is 1.20. The lowest BCUT2D eigenvalue weighted by molar-refractivity contribution is 0.456. The van der Waals surface area contributed by atoms with Crippen LogP contribution in [0.15, 0.2) is 39.4 Å². The lowest BCUT2D eigenvalue weighted by Gasteiger charge is -2.08. The molecule has 2 rings (SSSR count). The first-order chi connectivity index (χ1) is 8.06. The highest BCUT2D eigenvalue weighted by Gasteiger charge is 2.07. The van der Waals surface area contributed by atoms with Crippen LogP contribution >= 0.6 is 43.5 Å². The van der Waals surface area contributed by atoms with Crippen molar-refractivity contribution in [3.8, 4) is 11.6 Å². The molecule has 1 aromatic carbocycles. The molecule has 2 nitrogen and oxygen atoms in total. The second kappa shape index (κ2) is 5.38. The van der Waals surface area contributed by atoms with E-state index in [4.69, 9.17) is 16.3 Å². The molecule has 17 heavy (non-hydrogen) atoms. The summed E-state index contributed by atoms with van der Waals surface area (Å²) in [6.07, 6.45) is 1.75. The van der Waals surface area contributed by atoms with Crippen LogP contribution in [-0.4, -0.2) is 4.98 Å². The third-order valence-electron chi connectivity index (χ3n) is 2.04. The van der Waals surface area contributed by atoms with Gasteiger partial charge < -0.3 is 4.74 Å². The Labute approximate surface area is 121 Å². The largest absolute Gasteiger partial charge is 0.437 e. The van der Waals surface area contributed by atoms with Gasteiger partial charge in [0.2, 0.25) is 5.88 Å². The predicted octanol–water partition coefficient (Wildman–Crippen LogP) is 5.36. The molecule has 0 aliphatic heterocycles. The van der Waals surface area contributed by atoms with E-state index in [1.807, 2.05) is 13.0 Å². The summed E-state index contributed by atoms with van der Waals surface area (Å²) in [6, 6.07) is 7.29. The van der Waals surface area contributed by atoms with Crippen LogP contribution in [0.2, 0.25) is 5.02 Å². The zero-order valence-corrected chi connectivity index (χ0v) is 12.8. The molecular formula is C12H8Br2ClNO. The van der Waals surface area contributed by atoms with E-state index < -0.39 is 0 Å². The van der Waals surface area contributed by atoms with E-state index in [0.29, 0.717) is 16.7 Å². The maximum absolute atomic E-state index is 5.86. The molecule has 2 aromatic rings. The zero-order chi connectivity index (χ0) is 12.4. The van der Waals surface area contributed by atoms with Crippen molar-refractivity contribution < 1.29 is 4.74 Å². The van der Waals surface area contributed by atoms with E-state index in [1.54, 1.807) is 24.4 Å². The lowest BCUT2D eigenvalue weighted by atomic mass is 10.3. The van der Waals surface area contributed by atoms with Crippen molar-refractivity contribution in [2.24, 2.45) is 0 Å². The summed E-state index contributed by atoms with van der Waals surface area (Å²) in [6.45, 7) is 1.97. The van der Waals surface area contributed by atoms with Gasteiger partial charge in [0.1, 0.15) is 5.75 Å². The van der Waals surface area contributed by atoms with Crippen LogP contribution in [0.5, 0.6) is 11.6 Å². The van der Waals surface area contributed by atoms with Gasteiger partial charge in [-0.3, -0.25) is 0 Å². The highest BCUT2D eigenvalue weighted by molar-refractivity contribution is 9.11. The number of halogens is 3. The SMILES string of the molecule is Cc1cnc(Oc2ccc(Cl)cc2Br)c(Br)c1. The topological polar surface area (TPSA) is 22.1 Å². The molecule has 88 valence electrons. The number of aromatic nitrogens is 1. The first kappa shape index (κ1) is 12.9. The third kappa shape index (κ3) is 3.21. The van der Waals surface area contributed by atoms with Crippen molar-refractivity contribution in [1.82, 2.24) is 4.98 Å². The summed E-state index contributed by atoms with van der Waals surface area (Å²) in [5.41, 5.74) is 1.07. The Morgan fingerprint density at radius 3 is 2.59 bits per heavy atom. The van der Waals surface area contributed by atoms with Crippen LogP contribution in [-0.2, 0) is 0 Å². The summed E-state index contributed by atoms with van der Waals surface area (Å²) < 4.78 is 7.30. The standard InChI is InChI=1S/C12H8Br2ClNO/c1-7-4-10(14)12(16-6-7)17-11-3-2-8(15)5-9(11)13/h2-6H,1H3. The maximum atomic E-state index is 5.86. The number of rotatable bonds is 2. The first-order valence-corrected chi connectivity index (χ1v) is 6.78. The fourth-order valence-corrected chi connectivity index (χ4v) is 2.57. The average molecular weight is 377 g/mol. The molecule has 0 amide bonds. The minimum atomic E-state index is 0.527. The first-order valence-electron chi connectivity index (χ1n) is 4.81. The second-order valence-electron chi connectivity index (χ2n) is 3.48. The number of nitrogens with zero attached hydrogens (tertiary/aromatic N) is 1. The Balaban J connectivity index is 2.31. The Kier molecular flexibility index (Phi) is 4.07. The van der Waals surface area contributed by atoms with E-state index in [-0.39, 0.29) is 0 Å².